The minimum Gasteiger partial charge on any atom is -0.507 e. The van der Waals surface area contributed by atoms with Gasteiger partial charge in [0, 0.05) is 35.4 Å². The normalized spacial score (nSPS) is 10.9. The first-order valence-corrected chi connectivity index (χ1v) is 15.4. The number of anilines is 1. The molecule has 0 aliphatic heterocycles. The molecule has 7 nitrogen and oxygen atoms in total. The van der Waals surface area contributed by atoms with Crippen molar-refractivity contribution in [2.45, 2.75) is 0 Å². The Bertz CT molecular complexity index is 2730. The standard InChI is InChI=1S/C20H9F4NO3.C19H11F4NO2/c21-11-2-4-13(15(23)8-11)10-1-6-18-14(7-10)19(26)25(20(27)28-18)17-5-3-12(22)9-16(17)24;20-11-2-4-13(15(22)8-11)10-1-6-18(25)14(7-10)19(26)24-17-5-3-12(21)9-16(17)23/h1-9H;1-9,25H,(H,24,26). The third-order valence-corrected chi connectivity index (χ3v) is 7.85. The van der Waals surface area contributed by atoms with Crippen molar-refractivity contribution in [3.05, 3.63) is 182 Å². The summed E-state index contributed by atoms with van der Waals surface area (Å²) in [5.74, 6) is -9.47. The number of fused-ring (bicyclic) bond motifs is 1. The van der Waals surface area contributed by atoms with E-state index >= 15 is 0 Å². The molecule has 0 unspecified atom stereocenters. The van der Waals surface area contributed by atoms with Gasteiger partial charge in [0.15, 0.2) is 0 Å². The number of carbonyl (C=O) groups is 1. The van der Waals surface area contributed by atoms with Gasteiger partial charge in [-0.25, -0.2) is 44.5 Å². The summed E-state index contributed by atoms with van der Waals surface area (Å²) in [4.78, 5) is 37.3. The average Bonchev–Trinajstić information content (AvgIpc) is 3.11. The van der Waals surface area contributed by atoms with Crippen molar-refractivity contribution in [2.75, 3.05) is 5.32 Å². The molecule has 272 valence electrons. The topological polar surface area (TPSA) is 102 Å². The number of hydrogen-bond acceptors (Lipinski definition) is 5. The Hall–Kier alpha value is -7.03. The van der Waals surface area contributed by atoms with Crippen LogP contribution in [0, 0.1) is 46.5 Å². The summed E-state index contributed by atoms with van der Waals surface area (Å²) in [7, 11) is 0. The zero-order valence-electron chi connectivity index (χ0n) is 26.9. The van der Waals surface area contributed by atoms with E-state index < -0.39 is 75.2 Å². The first-order chi connectivity index (χ1) is 25.7. The number of nitrogens with zero attached hydrogens (tertiary/aromatic N) is 1. The van der Waals surface area contributed by atoms with Crippen molar-refractivity contribution < 1.29 is 49.4 Å². The lowest BCUT2D eigenvalue weighted by Crippen LogP contribution is -2.31. The van der Waals surface area contributed by atoms with Crippen LogP contribution in [0.2, 0.25) is 0 Å². The quantitative estimate of drug-likeness (QED) is 0.171. The fraction of sp³-hybridized carbons (Fsp3) is 0. The lowest BCUT2D eigenvalue weighted by Gasteiger charge is -2.10. The maximum atomic E-state index is 14.1. The van der Waals surface area contributed by atoms with Crippen LogP contribution in [-0.4, -0.2) is 15.6 Å². The van der Waals surface area contributed by atoms with E-state index in [4.69, 9.17) is 4.42 Å². The van der Waals surface area contributed by atoms with Crippen molar-refractivity contribution in [1.29, 1.82) is 0 Å². The Labute approximate surface area is 297 Å². The van der Waals surface area contributed by atoms with Gasteiger partial charge >= 0.3 is 5.76 Å². The van der Waals surface area contributed by atoms with Crippen molar-refractivity contribution in [3.63, 3.8) is 0 Å². The maximum absolute atomic E-state index is 14.1. The lowest BCUT2D eigenvalue weighted by molar-refractivity contribution is 0.102. The Morgan fingerprint density at radius 2 is 1.09 bits per heavy atom. The molecular weight excluding hydrogens is 728 g/mol. The van der Waals surface area contributed by atoms with Gasteiger partial charge < -0.3 is 14.8 Å². The van der Waals surface area contributed by atoms with Crippen LogP contribution in [0.5, 0.6) is 5.75 Å². The van der Waals surface area contributed by atoms with E-state index in [-0.39, 0.29) is 44.5 Å². The second kappa shape index (κ2) is 14.9. The second-order valence-corrected chi connectivity index (χ2v) is 11.4. The molecule has 0 aliphatic rings. The zero-order chi connectivity index (χ0) is 38.8. The highest BCUT2D eigenvalue weighted by Crippen LogP contribution is 2.30. The van der Waals surface area contributed by atoms with E-state index in [9.17, 15) is 54.6 Å². The third kappa shape index (κ3) is 7.60. The number of aromatic nitrogens is 1. The molecule has 1 heterocycles. The van der Waals surface area contributed by atoms with E-state index in [0.29, 0.717) is 28.8 Å². The van der Waals surface area contributed by atoms with Gasteiger partial charge in [-0.3, -0.25) is 9.59 Å². The molecule has 7 rings (SSSR count). The average molecular weight is 749 g/mol. The molecule has 1 amide bonds. The number of benzene rings is 6. The van der Waals surface area contributed by atoms with Crippen LogP contribution in [0.4, 0.5) is 40.8 Å². The van der Waals surface area contributed by atoms with Gasteiger partial charge in [0.2, 0.25) is 0 Å². The van der Waals surface area contributed by atoms with E-state index in [1.54, 1.807) is 0 Å². The molecule has 0 radical (unpaired) electrons. The molecule has 0 aliphatic carbocycles. The van der Waals surface area contributed by atoms with Crippen LogP contribution in [0.25, 0.3) is 38.9 Å². The van der Waals surface area contributed by atoms with E-state index in [2.05, 4.69) is 5.32 Å². The number of phenolic OH excluding ortho intramolecular Hbond substituents is 1. The molecule has 54 heavy (non-hydrogen) atoms. The monoisotopic (exact) mass is 748 g/mol. The third-order valence-electron chi connectivity index (χ3n) is 7.85. The first-order valence-electron chi connectivity index (χ1n) is 15.4. The predicted octanol–water partition coefficient (Wildman–Crippen LogP) is 9.04. The van der Waals surface area contributed by atoms with Crippen LogP contribution in [0.1, 0.15) is 10.4 Å². The van der Waals surface area contributed by atoms with Gasteiger partial charge in [-0.2, -0.15) is 0 Å². The molecule has 6 aromatic carbocycles. The summed E-state index contributed by atoms with van der Waals surface area (Å²) in [5, 5.41) is 12.0. The van der Waals surface area contributed by atoms with E-state index in [0.717, 1.165) is 42.5 Å². The highest BCUT2D eigenvalue weighted by atomic mass is 19.2. The first kappa shape index (κ1) is 36.8. The van der Waals surface area contributed by atoms with Crippen LogP contribution in [0.15, 0.2) is 123 Å². The number of hydrogen-bond donors (Lipinski definition) is 2. The number of halogens is 8. The highest BCUT2D eigenvalue weighted by molar-refractivity contribution is 6.07. The van der Waals surface area contributed by atoms with Crippen LogP contribution >= 0.6 is 0 Å². The summed E-state index contributed by atoms with van der Waals surface area (Å²) in [6.45, 7) is 0. The fourth-order valence-corrected chi connectivity index (χ4v) is 5.28. The van der Waals surface area contributed by atoms with E-state index in [1.807, 2.05) is 0 Å². The molecule has 0 spiro atoms. The molecule has 0 saturated heterocycles. The van der Waals surface area contributed by atoms with Gasteiger partial charge in [-0.05, 0) is 83.9 Å². The molecule has 2 N–H and O–H groups in total. The molecule has 15 heteroatoms. The molecule has 0 bridgehead atoms. The summed E-state index contributed by atoms with van der Waals surface area (Å²) >= 11 is 0. The Morgan fingerprint density at radius 3 is 1.67 bits per heavy atom. The minimum absolute atomic E-state index is 0.0217. The number of rotatable bonds is 5. The Morgan fingerprint density at radius 1 is 0.574 bits per heavy atom. The van der Waals surface area contributed by atoms with Gasteiger partial charge in [0.05, 0.1) is 22.3 Å². The van der Waals surface area contributed by atoms with Gasteiger partial charge in [-0.1, -0.05) is 12.1 Å². The number of carbonyl (C=O) groups excluding carboxylic acids is 1. The maximum Gasteiger partial charge on any atom is 0.427 e. The van der Waals surface area contributed by atoms with Gasteiger partial charge in [0.25, 0.3) is 11.5 Å². The van der Waals surface area contributed by atoms with Crippen molar-refractivity contribution in [3.8, 4) is 33.7 Å². The van der Waals surface area contributed by atoms with Crippen LogP contribution in [0.3, 0.4) is 0 Å². The van der Waals surface area contributed by atoms with E-state index in [1.165, 1.54) is 42.5 Å². The second-order valence-electron chi connectivity index (χ2n) is 11.4. The summed E-state index contributed by atoms with van der Waals surface area (Å²) in [6, 6.07) is 18.4. The smallest absolute Gasteiger partial charge is 0.427 e. The van der Waals surface area contributed by atoms with Crippen molar-refractivity contribution in [1.82, 2.24) is 4.57 Å². The number of aromatic hydroxyl groups is 1. The summed E-state index contributed by atoms with van der Waals surface area (Å²) in [5.41, 5.74) is -1.57. The predicted molar refractivity (Wildman–Crippen MR) is 181 cm³/mol. The minimum atomic E-state index is -1.16. The summed E-state index contributed by atoms with van der Waals surface area (Å²) < 4.78 is 113. The molecule has 7 aromatic rings. The number of phenols is 1. The van der Waals surface area contributed by atoms with Crippen LogP contribution in [-0.2, 0) is 0 Å². The fourth-order valence-electron chi connectivity index (χ4n) is 5.28. The SMILES string of the molecule is O=C(Nc1ccc(F)cc1F)c1cc(-c2ccc(F)cc2F)ccc1O.O=c1oc2ccc(-c3ccc(F)cc3F)cc2c(=O)n1-c1ccc(F)cc1F. The Balaban J connectivity index is 0.000000185. The number of nitrogens with one attached hydrogen (secondary N) is 1. The molecule has 0 saturated carbocycles. The lowest BCUT2D eigenvalue weighted by atomic mass is 10.0. The zero-order valence-corrected chi connectivity index (χ0v) is 26.9. The van der Waals surface area contributed by atoms with Gasteiger partial charge in [-0.15, -0.1) is 0 Å². The molecule has 1 aromatic heterocycles. The highest BCUT2D eigenvalue weighted by Gasteiger charge is 2.18. The molecule has 0 atom stereocenters. The molecular formula is C39H20F8N2O5. The van der Waals surface area contributed by atoms with Crippen molar-refractivity contribution in [2.24, 2.45) is 0 Å². The van der Waals surface area contributed by atoms with Crippen molar-refractivity contribution >= 4 is 22.6 Å². The van der Waals surface area contributed by atoms with Gasteiger partial charge in [0.1, 0.15) is 57.9 Å². The molecule has 0 fully saturated rings. The summed E-state index contributed by atoms with van der Waals surface area (Å²) in [6.07, 6.45) is 0. The van der Waals surface area contributed by atoms with Crippen LogP contribution < -0.4 is 16.6 Å². The number of amides is 1. The largest absolute Gasteiger partial charge is 0.507 e. The Kier molecular flexibility index (Phi) is 10.1.